The minimum Gasteiger partial charge on any atom is -0.289 e. The maximum absolute atomic E-state index is 12.2. The highest BCUT2D eigenvalue weighted by Gasteiger charge is 2.24. The van der Waals surface area contributed by atoms with Gasteiger partial charge in [0.1, 0.15) is 0 Å². The standard InChI is InChI=1S/C14H9ClO/c15-12-7-3-5-10-8-9-4-1-2-6-11(9)14(16)13(10)12/h1-7H,8H2. The van der Waals surface area contributed by atoms with E-state index in [-0.39, 0.29) is 5.78 Å². The van der Waals surface area contributed by atoms with E-state index in [4.69, 9.17) is 11.6 Å². The first-order valence-corrected chi connectivity index (χ1v) is 5.55. The average molecular weight is 229 g/mol. The lowest BCUT2D eigenvalue weighted by Crippen LogP contribution is -2.15. The third-order valence-electron chi connectivity index (χ3n) is 2.97. The van der Waals surface area contributed by atoms with Crippen LogP contribution < -0.4 is 0 Å². The monoisotopic (exact) mass is 228 g/mol. The number of benzene rings is 2. The molecule has 0 aliphatic heterocycles. The first-order chi connectivity index (χ1) is 7.77. The number of ketones is 1. The summed E-state index contributed by atoms with van der Waals surface area (Å²) in [5, 5.41) is 0.553. The van der Waals surface area contributed by atoms with Crippen molar-refractivity contribution in [3.05, 3.63) is 69.7 Å². The van der Waals surface area contributed by atoms with Crippen LogP contribution in [0.4, 0.5) is 0 Å². The van der Waals surface area contributed by atoms with E-state index in [1.807, 2.05) is 36.4 Å². The van der Waals surface area contributed by atoms with Crippen molar-refractivity contribution in [3.8, 4) is 0 Å². The first-order valence-electron chi connectivity index (χ1n) is 5.17. The Balaban J connectivity index is 2.27. The van der Waals surface area contributed by atoms with Crippen molar-refractivity contribution < 1.29 is 4.79 Å². The Kier molecular flexibility index (Phi) is 2.08. The van der Waals surface area contributed by atoms with Crippen LogP contribution in [0.15, 0.2) is 42.5 Å². The van der Waals surface area contributed by atoms with Gasteiger partial charge in [0.25, 0.3) is 0 Å². The van der Waals surface area contributed by atoms with E-state index in [0.29, 0.717) is 10.6 Å². The van der Waals surface area contributed by atoms with E-state index in [1.165, 1.54) is 0 Å². The van der Waals surface area contributed by atoms with Crippen LogP contribution >= 0.6 is 11.6 Å². The fourth-order valence-corrected chi connectivity index (χ4v) is 2.49. The lowest BCUT2D eigenvalue weighted by Gasteiger charge is -2.18. The highest BCUT2D eigenvalue weighted by molar-refractivity contribution is 6.35. The van der Waals surface area contributed by atoms with Gasteiger partial charge in [0.05, 0.1) is 5.02 Å². The van der Waals surface area contributed by atoms with Gasteiger partial charge in [-0.2, -0.15) is 0 Å². The van der Waals surface area contributed by atoms with Crippen molar-refractivity contribution in [1.82, 2.24) is 0 Å². The number of hydrogen-bond acceptors (Lipinski definition) is 1. The van der Waals surface area contributed by atoms with E-state index in [0.717, 1.165) is 23.1 Å². The normalized spacial score (nSPS) is 13.2. The first kappa shape index (κ1) is 9.61. The molecule has 1 aliphatic rings. The predicted octanol–water partition coefficient (Wildman–Crippen LogP) is 3.48. The summed E-state index contributed by atoms with van der Waals surface area (Å²) in [6, 6.07) is 13.3. The number of hydrogen-bond donors (Lipinski definition) is 0. The van der Waals surface area contributed by atoms with Crippen molar-refractivity contribution in [3.63, 3.8) is 0 Å². The lowest BCUT2D eigenvalue weighted by molar-refractivity contribution is 0.103. The van der Waals surface area contributed by atoms with Gasteiger partial charge in [0, 0.05) is 11.1 Å². The van der Waals surface area contributed by atoms with Crippen LogP contribution in [0, 0.1) is 0 Å². The largest absolute Gasteiger partial charge is 0.289 e. The molecule has 0 aromatic heterocycles. The smallest absolute Gasteiger partial charge is 0.195 e. The molecule has 2 aromatic rings. The van der Waals surface area contributed by atoms with Crippen LogP contribution in [0.25, 0.3) is 0 Å². The molecule has 1 aliphatic carbocycles. The number of rotatable bonds is 0. The van der Waals surface area contributed by atoms with E-state index < -0.39 is 0 Å². The third-order valence-corrected chi connectivity index (χ3v) is 3.28. The molecule has 0 radical (unpaired) electrons. The van der Waals surface area contributed by atoms with Crippen LogP contribution in [0.1, 0.15) is 27.0 Å². The van der Waals surface area contributed by atoms with Gasteiger partial charge in [0.15, 0.2) is 5.78 Å². The summed E-state index contributed by atoms with van der Waals surface area (Å²) in [4.78, 5) is 12.2. The van der Waals surface area contributed by atoms with Gasteiger partial charge in [-0.1, -0.05) is 48.0 Å². The summed E-state index contributed by atoms with van der Waals surface area (Å²) in [5.41, 5.74) is 3.56. The molecule has 2 heteroatoms. The van der Waals surface area contributed by atoms with Crippen molar-refractivity contribution in [2.75, 3.05) is 0 Å². The molecule has 1 nitrogen and oxygen atoms in total. The quantitative estimate of drug-likeness (QED) is 0.576. The Morgan fingerprint density at radius 1 is 0.938 bits per heavy atom. The van der Waals surface area contributed by atoms with Crippen molar-refractivity contribution in [1.29, 1.82) is 0 Å². The second-order valence-electron chi connectivity index (χ2n) is 3.94. The molecule has 16 heavy (non-hydrogen) atoms. The minimum absolute atomic E-state index is 0.0439. The zero-order valence-corrected chi connectivity index (χ0v) is 9.29. The molecule has 0 N–H and O–H groups in total. The number of fused-ring (bicyclic) bond motifs is 2. The summed E-state index contributed by atoms with van der Waals surface area (Å²) in [6.45, 7) is 0. The topological polar surface area (TPSA) is 17.1 Å². The van der Waals surface area contributed by atoms with E-state index in [2.05, 4.69) is 0 Å². The third kappa shape index (κ3) is 1.29. The molecule has 0 bridgehead atoms. The fourth-order valence-electron chi connectivity index (χ4n) is 2.21. The predicted molar refractivity (Wildman–Crippen MR) is 64.1 cm³/mol. The van der Waals surface area contributed by atoms with Crippen LogP contribution in [0.2, 0.25) is 5.02 Å². The van der Waals surface area contributed by atoms with Gasteiger partial charge in [0.2, 0.25) is 0 Å². The highest BCUT2D eigenvalue weighted by Crippen LogP contribution is 2.31. The molecular formula is C14H9ClO. The number of carbonyl (C=O) groups is 1. The molecular weight excluding hydrogens is 220 g/mol. The molecule has 2 aromatic carbocycles. The Labute approximate surface area is 98.7 Å². The Morgan fingerprint density at radius 2 is 1.69 bits per heavy atom. The van der Waals surface area contributed by atoms with Gasteiger partial charge in [-0.05, 0) is 23.6 Å². The maximum Gasteiger partial charge on any atom is 0.195 e. The Hall–Kier alpha value is -1.60. The summed E-state index contributed by atoms with van der Waals surface area (Å²) in [5.74, 6) is 0.0439. The molecule has 0 saturated carbocycles. The Bertz CT molecular complexity index is 587. The molecule has 0 spiro atoms. The van der Waals surface area contributed by atoms with Crippen molar-refractivity contribution >= 4 is 17.4 Å². The van der Waals surface area contributed by atoms with Gasteiger partial charge < -0.3 is 0 Å². The van der Waals surface area contributed by atoms with Crippen molar-refractivity contribution in [2.24, 2.45) is 0 Å². The molecule has 0 fully saturated rings. The maximum atomic E-state index is 12.2. The average Bonchev–Trinajstić information content (AvgIpc) is 2.29. The second-order valence-corrected chi connectivity index (χ2v) is 4.34. The molecule has 0 amide bonds. The fraction of sp³-hybridized carbons (Fsp3) is 0.0714. The molecule has 3 rings (SSSR count). The zero-order chi connectivity index (χ0) is 11.1. The number of halogens is 1. The van der Waals surface area contributed by atoms with Crippen LogP contribution in [-0.4, -0.2) is 5.78 Å². The van der Waals surface area contributed by atoms with E-state index in [1.54, 1.807) is 6.07 Å². The van der Waals surface area contributed by atoms with Gasteiger partial charge in [-0.25, -0.2) is 0 Å². The summed E-state index contributed by atoms with van der Waals surface area (Å²) >= 11 is 6.08. The van der Waals surface area contributed by atoms with Gasteiger partial charge in [-0.15, -0.1) is 0 Å². The van der Waals surface area contributed by atoms with Crippen LogP contribution in [0.3, 0.4) is 0 Å². The van der Waals surface area contributed by atoms with E-state index in [9.17, 15) is 4.79 Å². The minimum atomic E-state index is 0.0439. The molecule has 0 atom stereocenters. The molecule has 0 unspecified atom stereocenters. The Morgan fingerprint density at radius 3 is 2.56 bits per heavy atom. The van der Waals surface area contributed by atoms with Crippen molar-refractivity contribution in [2.45, 2.75) is 6.42 Å². The van der Waals surface area contributed by atoms with Crippen LogP contribution in [-0.2, 0) is 6.42 Å². The summed E-state index contributed by atoms with van der Waals surface area (Å²) < 4.78 is 0. The molecule has 78 valence electrons. The highest BCUT2D eigenvalue weighted by atomic mass is 35.5. The summed E-state index contributed by atoms with van der Waals surface area (Å²) in [6.07, 6.45) is 0.789. The van der Waals surface area contributed by atoms with Crippen LogP contribution in [0.5, 0.6) is 0 Å². The van der Waals surface area contributed by atoms with Gasteiger partial charge in [-0.3, -0.25) is 4.79 Å². The molecule has 0 saturated heterocycles. The lowest BCUT2D eigenvalue weighted by atomic mass is 9.85. The summed E-state index contributed by atoms with van der Waals surface area (Å²) in [7, 11) is 0. The second kappa shape index (κ2) is 3.46. The molecule has 0 heterocycles. The SMILES string of the molecule is O=C1c2ccccc2Cc2cccc(Cl)c21. The number of carbonyl (C=O) groups excluding carboxylic acids is 1. The van der Waals surface area contributed by atoms with E-state index >= 15 is 0 Å². The zero-order valence-electron chi connectivity index (χ0n) is 8.53. The van der Waals surface area contributed by atoms with Gasteiger partial charge >= 0.3 is 0 Å².